The zero-order chi connectivity index (χ0) is 18.3. The van der Waals surface area contributed by atoms with E-state index in [0.29, 0.717) is 0 Å². The molecule has 2 aromatic carbocycles. The van der Waals surface area contributed by atoms with Crippen molar-refractivity contribution in [1.82, 2.24) is 0 Å². The molecule has 0 radical (unpaired) electrons. The van der Waals surface area contributed by atoms with Crippen molar-refractivity contribution in [3.05, 3.63) is 59.2 Å². The molecule has 3 aliphatic rings. The van der Waals surface area contributed by atoms with Crippen molar-refractivity contribution in [2.75, 3.05) is 7.11 Å². The standard InChI is InChI=1S/C23H25NO3/c1-25-21-9-8-18(20-15-23(27-24-20)10-4-5-11-23)14-22(21)26-19-12-16-6-2-3-7-17(16)13-19/h2-3,6-9,14,19H,4-5,10-13,15H2,1H3. The van der Waals surface area contributed by atoms with E-state index in [-0.39, 0.29) is 11.7 Å². The minimum absolute atomic E-state index is 0.0522. The van der Waals surface area contributed by atoms with Crippen molar-refractivity contribution >= 4 is 5.71 Å². The van der Waals surface area contributed by atoms with Gasteiger partial charge in [0.15, 0.2) is 11.5 Å². The number of fused-ring (bicyclic) bond motifs is 1. The lowest BCUT2D eigenvalue weighted by atomic mass is 9.93. The van der Waals surface area contributed by atoms with Crippen molar-refractivity contribution < 1.29 is 14.3 Å². The fourth-order valence-electron chi connectivity index (χ4n) is 4.69. The van der Waals surface area contributed by atoms with E-state index < -0.39 is 0 Å². The molecule has 1 fully saturated rings. The summed E-state index contributed by atoms with van der Waals surface area (Å²) in [7, 11) is 1.69. The lowest BCUT2D eigenvalue weighted by molar-refractivity contribution is -0.0126. The second kappa shape index (κ2) is 6.59. The first-order chi connectivity index (χ1) is 13.2. The van der Waals surface area contributed by atoms with E-state index in [9.17, 15) is 0 Å². The molecule has 0 N–H and O–H groups in total. The molecule has 0 amide bonds. The Kier molecular flexibility index (Phi) is 4.07. The summed E-state index contributed by atoms with van der Waals surface area (Å²) < 4.78 is 11.9. The number of benzene rings is 2. The normalized spacial score (nSPS) is 20.4. The first kappa shape index (κ1) is 16.7. The number of ether oxygens (including phenoxy) is 2. The average molecular weight is 363 g/mol. The molecule has 4 nitrogen and oxygen atoms in total. The van der Waals surface area contributed by atoms with Crippen LogP contribution in [0.4, 0.5) is 0 Å². The molecule has 1 saturated carbocycles. The topological polar surface area (TPSA) is 40.0 Å². The Hall–Kier alpha value is -2.49. The molecule has 0 atom stereocenters. The molecule has 140 valence electrons. The van der Waals surface area contributed by atoms with Crippen molar-refractivity contribution in [3.63, 3.8) is 0 Å². The van der Waals surface area contributed by atoms with Crippen molar-refractivity contribution in [2.24, 2.45) is 5.16 Å². The molecule has 2 aliphatic carbocycles. The number of rotatable bonds is 4. The Morgan fingerprint density at radius 1 is 1.00 bits per heavy atom. The van der Waals surface area contributed by atoms with Gasteiger partial charge in [-0.15, -0.1) is 0 Å². The molecule has 27 heavy (non-hydrogen) atoms. The molecular weight excluding hydrogens is 338 g/mol. The van der Waals surface area contributed by atoms with Crippen molar-refractivity contribution in [1.29, 1.82) is 0 Å². The van der Waals surface area contributed by atoms with Gasteiger partial charge in [-0.25, -0.2) is 0 Å². The van der Waals surface area contributed by atoms with Gasteiger partial charge < -0.3 is 14.3 Å². The van der Waals surface area contributed by atoms with Crippen molar-refractivity contribution in [2.45, 2.75) is 56.7 Å². The Labute approximate surface area is 160 Å². The number of nitrogens with zero attached hydrogens (tertiary/aromatic N) is 1. The van der Waals surface area contributed by atoms with Crippen LogP contribution in [-0.2, 0) is 17.7 Å². The van der Waals surface area contributed by atoms with Crippen LogP contribution in [0.2, 0.25) is 0 Å². The van der Waals surface area contributed by atoms with Crippen LogP contribution < -0.4 is 9.47 Å². The maximum Gasteiger partial charge on any atom is 0.162 e. The number of hydrogen-bond acceptors (Lipinski definition) is 4. The summed E-state index contributed by atoms with van der Waals surface area (Å²) in [5.74, 6) is 1.56. The number of hydrogen-bond donors (Lipinski definition) is 0. The van der Waals surface area contributed by atoms with Crippen LogP contribution in [0.1, 0.15) is 48.8 Å². The van der Waals surface area contributed by atoms with Gasteiger partial charge in [0.05, 0.1) is 12.8 Å². The molecule has 0 bridgehead atoms. The predicted octanol–water partition coefficient (Wildman–Crippen LogP) is 4.68. The highest BCUT2D eigenvalue weighted by Crippen LogP contribution is 2.42. The third-order valence-electron chi connectivity index (χ3n) is 6.16. The van der Waals surface area contributed by atoms with Gasteiger partial charge in [-0.05, 0) is 55.0 Å². The molecule has 1 aliphatic heterocycles. The first-order valence-electron chi connectivity index (χ1n) is 9.92. The molecule has 4 heteroatoms. The number of oxime groups is 1. The molecule has 0 unspecified atom stereocenters. The van der Waals surface area contributed by atoms with E-state index in [4.69, 9.17) is 14.3 Å². The monoisotopic (exact) mass is 363 g/mol. The summed E-state index contributed by atoms with van der Waals surface area (Å²) in [5.41, 5.74) is 4.82. The SMILES string of the molecule is COc1ccc(C2=NOC3(CCCC3)C2)cc1OC1Cc2ccccc2C1. The molecule has 1 heterocycles. The van der Waals surface area contributed by atoms with Crippen LogP contribution >= 0.6 is 0 Å². The quantitative estimate of drug-likeness (QED) is 0.792. The molecule has 0 aromatic heterocycles. The van der Waals surface area contributed by atoms with Gasteiger partial charge in [-0.2, -0.15) is 0 Å². The van der Waals surface area contributed by atoms with E-state index in [1.165, 1.54) is 24.0 Å². The average Bonchev–Trinajstić information content (AvgIpc) is 3.42. The van der Waals surface area contributed by atoms with Gasteiger partial charge in [0, 0.05) is 24.8 Å². The van der Waals surface area contributed by atoms with Crippen molar-refractivity contribution in [3.8, 4) is 11.5 Å². The smallest absolute Gasteiger partial charge is 0.162 e. The second-order valence-electron chi connectivity index (χ2n) is 7.98. The highest BCUT2D eigenvalue weighted by Gasteiger charge is 2.42. The van der Waals surface area contributed by atoms with Gasteiger partial charge in [-0.3, -0.25) is 0 Å². The third kappa shape index (κ3) is 3.07. The Morgan fingerprint density at radius 2 is 1.74 bits per heavy atom. The van der Waals surface area contributed by atoms with E-state index in [1.807, 2.05) is 6.07 Å². The summed E-state index contributed by atoms with van der Waals surface area (Å²) >= 11 is 0. The minimum atomic E-state index is -0.0522. The predicted molar refractivity (Wildman–Crippen MR) is 105 cm³/mol. The van der Waals surface area contributed by atoms with Crippen LogP contribution in [0.5, 0.6) is 11.5 Å². The summed E-state index contributed by atoms with van der Waals surface area (Å²) in [4.78, 5) is 5.86. The van der Waals surface area contributed by atoms with E-state index >= 15 is 0 Å². The molecular formula is C23H25NO3. The maximum atomic E-state index is 6.38. The first-order valence-corrected chi connectivity index (χ1v) is 9.92. The van der Waals surface area contributed by atoms with E-state index in [1.54, 1.807) is 7.11 Å². The maximum absolute atomic E-state index is 6.38. The Morgan fingerprint density at radius 3 is 2.44 bits per heavy atom. The van der Waals surface area contributed by atoms with Gasteiger partial charge in [-0.1, -0.05) is 29.4 Å². The van der Waals surface area contributed by atoms with Crippen LogP contribution in [0.15, 0.2) is 47.6 Å². The highest BCUT2D eigenvalue weighted by atomic mass is 16.7. The van der Waals surface area contributed by atoms with Crippen LogP contribution in [0.25, 0.3) is 0 Å². The van der Waals surface area contributed by atoms with Gasteiger partial charge in [0.2, 0.25) is 0 Å². The van der Waals surface area contributed by atoms with Gasteiger partial charge in [0.25, 0.3) is 0 Å². The zero-order valence-electron chi connectivity index (χ0n) is 15.7. The molecule has 1 spiro atoms. The molecule has 0 saturated heterocycles. The fourth-order valence-corrected chi connectivity index (χ4v) is 4.69. The third-order valence-corrected chi connectivity index (χ3v) is 6.16. The van der Waals surface area contributed by atoms with E-state index in [2.05, 4.69) is 41.6 Å². The number of methoxy groups -OCH3 is 1. The van der Waals surface area contributed by atoms with E-state index in [0.717, 1.165) is 54.9 Å². The van der Waals surface area contributed by atoms with Crippen LogP contribution in [0, 0.1) is 0 Å². The van der Waals surface area contributed by atoms with Crippen LogP contribution in [0.3, 0.4) is 0 Å². The summed E-state index contributed by atoms with van der Waals surface area (Å²) in [6, 6.07) is 14.7. The highest BCUT2D eigenvalue weighted by molar-refractivity contribution is 6.02. The van der Waals surface area contributed by atoms with Gasteiger partial charge in [0.1, 0.15) is 11.7 Å². The zero-order valence-corrected chi connectivity index (χ0v) is 15.7. The van der Waals surface area contributed by atoms with Crippen LogP contribution in [-0.4, -0.2) is 24.5 Å². The lowest BCUT2D eigenvalue weighted by Crippen LogP contribution is -2.24. The summed E-state index contributed by atoms with van der Waals surface area (Å²) in [5, 5.41) is 4.42. The summed E-state index contributed by atoms with van der Waals surface area (Å²) in [6.45, 7) is 0. The molecule has 5 rings (SSSR count). The summed E-state index contributed by atoms with van der Waals surface area (Å²) in [6.07, 6.45) is 7.62. The Bertz CT molecular complexity index is 858. The van der Waals surface area contributed by atoms with Gasteiger partial charge >= 0.3 is 0 Å². The minimum Gasteiger partial charge on any atom is -0.493 e. The second-order valence-corrected chi connectivity index (χ2v) is 7.98. The molecule has 2 aromatic rings. The Balaban J connectivity index is 1.36. The fraction of sp³-hybridized carbons (Fsp3) is 0.435. The largest absolute Gasteiger partial charge is 0.493 e. The lowest BCUT2D eigenvalue weighted by Gasteiger charge is -2.19.